The second-order valence-electron chi connectivity index (χ2n) is 3.45. The van der Waals surface area contributed by atoms with Gasteiger partial charge in [0.2, 0.25) is 0 Å². The van der Waals surface area contributed by atoms with Crippen LogP contribution in [0.1, 0.15) is 26.9 Å². The van der Waals surface area contributed by atoms with Crippen LogP contribution < -0.4 is 10.5 Å². The predicted molar refractivity (Wildman–Crippen MR) is 63.3 cm³/mol. The van der Waals surface area contributed by atoms with E-state index < -0.39 is 0 Å². The molecule has 1 atom stereocenters. The van der Waals surface area contributed by atoms with Crippen LogP contribution >= 0.6 is 0 Å². The smallest absolute Gasteiger partial charge is 0.344 e. The van der Waals surface area contributed by atoms with Crippen LogP contribution in [0, 0.1) is 0 Å². The monoisotopic (exact) mass is 225 g/mol. The van der Waals surface area contributed by atoms with Crippen molar-refractivity contribution in [1.29, 1.82) is 0 Å². The summed E-state index contributed by atoms with van der Waals surface area (Å²) in [6, 6.07) is 7.32. The van der Waals surface area contributed by atoms with E-state index >= 15 is 0 Å². The summed E-state index contributed by atoms with van der Waals surface area (Å²) in [6.45, 7) is 3.94. The molecule has 0 radical (unpaired) electrons. The van der Waals surface area contributed by atoms with Gasteiger partial charge in [-0.15, -0.1) is 0 Å². The van der Waals surface area contributed by atoms with Crippen LogP contribution in [0.3, 0.4) is 0 Å². The molecule has 90 valence electrons. The Balaban J connectivity index is 0.00000256. The van der Waals surface area contributed by atoms with Crippen molar-refractivity contribution in [2.45, 2.75) is 19.9 Å². The Morgan fingerprint density at radius 2 is 2.31 bits per heavy atom. The lowest BCUT2D eigenvalue weighted by molar-refractivity contribution is -0.145. The first-order valence-electron chi connectivity index (χ1n) is 5.27. The minimum Gasteiger partial charge on any atom is -0.482 e. The van der Waals surface area contributed by atoms with Gasteiger partial charge in [0.05, 0.1) is 6.61 Å². The van der Waals surface area contributed by atoms with E-state index in [9.17, 15) is 4.79 Å². The summed E-state index contributed by atoms with van der Waals surface area (Å²) in [7, 11) is 0. The van der Waals surface area contributed by atoms with Crippen LogP contribution in [0.4, 0.5) is 0 Å². The Hall–Kier alpha value is -1.55. The second-order valence-corrected chi connectivity index (χ2v) is 3.45. The highest BCUT2D eigenvalue weighted by Crippen LogP contribution is 2.17. The van der Waals surface area contributed by atoms with Crippen LogP contribution in [-0.2, 0) is 9.53 Å². The number of carbonyl (C=O) groups excluding carboxylic acids is 1. The lowest BCUT2D eigenvalue weighted by Crippen LogP contribution is -2.14. The Bertz CT molecular complexity index is 355. The van der Waals surface area contributed by atoms with Gasteiger partial charge in [0.1, 0.15) is 5.75 Å². The summed E-state index contributed by atoms with van der Waals surface area (Å²) in [5.74, 6) is 0.261. The third-order valence-electron chi connectivity index (χ3n) is 2.05. The molecule has 1 aromatic rings. The van der Waals surface area contributed by atoms with Gasteiger partial charge in [-0.1, -0.05) is 12.1 Å². The quantitative estimate of drug-likeness (QED) is 0.777. The Labute approximate surface area is 96.8 Å². The second kappa shape index (κ2) is 6.12. The van der Waals surface area contributed by atoms with Crippen LogP contribution in [0.25, 0.3) is 0 Å². The van der Waals surface area contributed by atoms with E-state index in [1.54, 1.807) is 13.0 Å². The lowest BCUT2D eigenvalue weighted by atomic mass is 10.1. The molecule has 0 aromatic heterocycles. The number of rotatable bonds is 5. The summed E-state index contributed by atoms with van der Waals surface area (Å²) in [6.07, 6.45) is 0. The number of hydrogen-bond donors (Lipinski definition) is 1. The standard InChI is InChI=1S/C12H17NO3.H2/c1-3-15-12(14)8-16-11-6-4-5-10(7-11)9(2)13;/h4-7,9H,3,8,13H2,1-2H3;1H/t9-;/m1./s1. The molecule has 0 amide bonds. The Morgan fingerprint density at radius 3 is 2.94 bits per heavy atom. The molecule has 2 N–H and O–H groups in total. The molecule has 0 bridgehead atoms. The molecular weight excluding hydrogens is 206 g/mol. The number of esters is 1. The summed E-state index contributed by atoms with van der Waals surface area (Å²) in [5, 5.41) is 0. The summed E-state index contributed by atoms with van der Waals surface area (Å²) in [5.41, 5.74) is 6.71. The molecule has 0 aliphatic heterocycles. The number of ether oxygens (including phenoxy) is 2. The van der Waals surface area contributed by atoms with Crippen molar-refractivity contribution < 1.29 is 15.7 Å². The normalized spacial score (nSPS) is 11.9. The zero-order valence-electron chi connectivity index (χ0n) is 9.60. The van der Waals surface area contributed by atoms with Gasteiger partial charge >= 0.3 is 5.97 Å². The first-order valence-corrected chi connectivity index (χ1v) is 5.27. The molecule has 1 aromatic carbocycles. The number of hydrogen-bond acceptors (Lipinski definition) is 4. The van der Waals surface area contributed by atoms with Gasteiger partial charge in [-0.3, -0.25) is 0 Å². The van der Waals surface area contributed by atoms with E-state index in [-0.39, 0.29) is 20.0 Å². The molecule has 16 heavy (non-hydrogen) atoms. The molecule has 4 heteroatoms. The molecule has 0 aliphatic carbocycles. The van der Waals surface area contributed by atoms with Gasteiger partial charge in [0, 0.05) is 7.47 Å². The first kappa shape index (κ1) is 12.5. The van der Waals surface area contributed by atoms with Gasteiger partial charge in [0.15, 0.2) is 6.61 Å². The summed E-state index contributed by atoms with van der Waals surface area (Å²) in [4.78, 5) is 11.1. The number of nitrogens with two attached hydrogens (primary N) is 1. The van der Waals surface area contributed by atoms with E-state index in [1.165, 1.54) is 0 Å². The zero-order valence-corrected chi connectivity index (χ0v) is 9.60. The summed E-state index contributed by atoms with van der Waals surface area (Å²) >= 11 is 0. The van der Waals surface area contributed by atoms with E-state index in [4.69, 9.17) is 15.2 Å². The Kier molecular flexibility index (Phi) is 4.79. The first-order chi connectivity index (χ1) is 7.63. The molecule has 1 rings (SSSR count). The molecule has 0 unspecified atom stereocenters. The van der Waals surface area contributed by atoms with Gasteiger partial charge in [-0.2, -0.15) is 0 Å². The van der Waals surface area contributed by atoms with Crippen LogP contribution in [0.15, 0.2) is 24.3 Å². The maximum absolute atomic E-state index is 11.1. The Morgan fingerprint density at radius 1 is 1.56 bits per heavy atom. The minimum atomic E-state index is -0.367. The fraction of sp³-hybridized carbons (Fsp3) is 0.417. The average Bonchev–Trinajstić information content (AvgIpc) is 2.27. The van der Waals surface area contributed by atoms with Crippen LogP contribution in [0.5, 0.6) is 5.75 Å². The van der Waals surface area contributed by atoms with E-state index in [0.29, 0.717) is 12.4 Å². The molecule has 0 saturated heterocycles. The third-order valence-corrected chi connectivity index (χ3v) is 2.05. The van der Waals surface area contributed by atoms with Crippen molar-refractivity contribution in [1.82, 2.24) is 0 Å². The van der Waals surface area contributed by atoms with Crippen molar-refractivity contribution in [3.8, 4) is 5.75 Å². The largest absolute Gasteiger partial charge is 0.482 e. The van der Waals surface area contributed by atoms with Crippen molar-refractivity contribution in [2.24, 2.45) is 5.73 Å². The number of benzene rings is 1. The van der Waals surface area contributed by atoms with Crippen LogP contribution in [-0.4, -0.2) is 19.2 Å². The molecule has 0 spiro atoms. The molecule has 0 saturated carbocycles. The van der Waals surface area contributed by atoms with Gasteiger partial charge in [-0.25, -0.2) is 4.79 Å². The highest BCUT2D eigenvalue weighted by atomic mass is 16.6. The van der Waals surface area contributed by atoms with Gasteiger partial charge in [0.25, 0.3) is 0 Å². The van der Waals surface area contributed by atoms with Crippen molar-refractivity contribution in [3.05, 3.63) is 29.8 Å². The predicted octanol–water partition coefficient (Wildman–Crippen LogP) is 1.89. The number of carbonyl (C=O) groups is 1. The SMILES string of the molecule is CCOC(=O)COc1cccc([C@@H](C)N)c1.[HH]. The van der Waals surface area contributed by atoms with E-state index in [1.807, 2.05) is 25.1 Å². The zero-order chi connectivity index (χ0) is 12.0. The van der Waals surface area contributed by atoms with Crippen molar-refractivity contribution in [3.63, 3.8) is 0 Å². The van der Waals surface area contributed by atoms with E-state index in [0.717, 1.165) is 5.56 Å². The lowest BCUT2D eigenvalue weighted by Gasteiger charge is -2.09. The molecule has 0 fully saturated rings. The highest BCUT2D eigenvalue weighted by molar-refractivity contribution is 5.71. The van der Waals surface area contributed by atoms with Crippen LogP contribution in [0.2, 0.25) is 0 Å². The van der Waals surface area contributed by atoms with E-state index in [2.05, 4.69) is 0 Å². The van der Waals surface area contributed by atoms with Gasteiger partial charge < -0.3 is 15.2 Å². The van der Waals surface area contributed by atoms with Crippen molar-refractivity contribution in [2.75, 3.05) is 13.2 Å². The maximum atomic E-state index is 11.1. The highest BCUT2D eigenvalue weighted by Gasteiger charge is 2.04. The van der Waals surface area contributed by atoms with Crippen molar-refractivity contribution >= 4 is 5.97 Å². The molecular formula is C12H19NO3. The molecule has 0 heterocycles. The minimum absolute atomic E-state index is 0. The molecule has 0 aliphatic rings. The fourth-order valence-electron chi connectivity index (χ4n) is 1.23. The third kappa shape index (κ3) is 3.90. The average molecular weight is 225 g/mol. The maximum Gasteiger partial charge on any atom is 0.344 e. The topological polar surface area (TPSA) is 61.5 Å². The summed E-state index contributed by atoms with van der Waals surface area (Å²) < 4.78 is 10.0. The van der Waals surface area contributed by atoms with Gasteiger partial charge in [-0.05, 0) is 31.5 Å². The fourth-order valence-corrected chi connectivity index (χ4v) is 1.23. The molecule has 4 nitrogen and oxygen atoms in total.